The number of amides is 1. The molecule has 3 rings (SSSR count). The van der Waals surface area contributed by atoms with Gasteiger partial charge >= 0.3 is 0 Å². The smallest absolute Gasteiger partial charge is 0.242 e. The monoisotopic (exact) mass is 370 g/mol. The van der Waals surface area contributed by atoms with E-state index in [1.165, 1.54) is 11.3 Å². The van der Waals surface area contributed by atoms with E-state index in [4.69, 9.17) is 0 Å². The van der Waals surface area contributed by atoms with Crippen molar-refractivity contribution in [1.29, 1.82) is 0 Å². The first-order valence-corrected chi connectivity index (χ1v) is 9.45. The van der Waals surface area contributed by atoms with Gasteiger partial charge in [-0.25, -0.2) is 9.97 Å². The van der Waals surface area contributed by atoms with Gasteiger partial charge < -0.3 is 9.88 Å². The van der Waals surface area contributed by atoms with Crippen molar-refractivity contribution in [2.24, 2.45) is 0 Å². The van der Waals surface area contributed by atoms with E-state index in [9.17, 15) is 4.79 Å². The van der Waals surface area contributed by atoms with Crippen molar-refractivity contribution in [2.45, 2.75) is 39.2 Å². The molecule has 3 heterocycles. The SMILES string of the molecule is CC(C)c1nccn1C(C)C(=O)NCCc1csc(-c2cnccn2)n1. The molecule has 0 bridgehead atoms. The Labute approximate surface area is 156 Å². The van der Waals surface area contributed by atoms with Gasteiger partial charge in [0.25, 0.3) is 0 Å². The fraction of sp³-hybridized carbons (Fsp3) is 0.389. The van der Waals surface area contributed by atoms with E-state index in [2.05, 4.69) is 39.1 Å². The molecule has 0 aliphatic heterocycles. The van der Waals surface area contributed by atoms with Crippen LogP contribution in [0.1, 0.15) is 44.2 Å². The molecule has 0 aromatic carbocycles. The van der Waals surface area contributed by atoms with Crippen molar-refractivity contribution in [3.05, 3.63) is 47.9 Å². The summed E-state index contributed by atoms with van der Waals surface area (Å²) >= 11 is 1.53. The molecule has 0 saturated carbocycles. The molecule has 7 nitrogen and oxygen atoms in total. The summed E-state index contributed by atoms with van der Waals surface area (Å²) in [6.07, 6.45) is 9.26. The molecule has 8 heteroatoms. The van der Waals surface area contributed by atoms with E-state index < -0.39 is 0 Å². The molecule has 0 saturated heterocycles. The normalized spacial score (nSPS) is 12.3. The second kappa shape index (κ2) is 8.18. The number of carbonyl (C=O) groups is 1. The van der Waals surface area contributed by atoms with E-state index in [0.29, 0.717) is 13.0 Å². The van der Waals surface area contributed by atoms with Crippen LogP contribution >= 0.6 is 11.3 Å². The Morgan fingerprint density at radius 1 is 1.23 bits per heavy atom. The topological polar surface area (TPSA) is 85.6 Å². The van der Waals surface area contributed by atoms with Gasteiger partial charge in [0, 0.05) is 49.1 Å². The van der Waals surface area contributed by atoms with Crippen LogP contribution in [-0.2, 0) is 11.2 Å². The first kappa shape index (κ1) is 18.2. The lowest BCUT2D eigenvalue weighted by molar-refractivity contribution is -0.123. The summed E-state index contributed by atoms with van der Waals surface area (Å²) in [6.45, 7) is 6.57. The van der Waals surface area contributed by atoms with Crippen LogP contribution in [-0.4, -0.2) is 37.0 Å². The Morgan fingerprint density at radius 2 is 2.08 bits per heavy atom. The van der Waals surface area contributed by atoms with Gasteiger partial charge in [-0.05, 0) is 6.92 Å². The van der Waals surface area contributed by atoms with Crippen molar-refractivity contribution >= 4 is 17.2 Å². The Kier molecular flexibility index (Phi) is 5.72. The first-order valence-electron chi connectivity index (χ1n) is 8.57. The number of imidazole rings is 1. The maximum Gasteiger partial charge on any atom is 0.242 e. The highest BCUT2D eigenvalue weighted by Gasteiger charge is 2.18. The highest BCUT2D eigenvalue weighted by atomic mass is 32.1. The number of hydrogen-bond acceptors (Lipinski definition) is 6. The molecule has 0 fully saturated rings. The van der Waals surface area contributed by atoms with Crippen molar-refractivity contribution < 1.29 is 4.79 Å². The fourth-order valence-corrected chi connectivity index (χ4v) is 3.45. The molecular formula is C18H22N6OS. The van der Waals surface area contributed by atoms with Gasteiger partial charge in [0.15, 0.2) is 0 Å². The number of nitrogens with zero attached hydrogens (tertiary/aromatic N) is 5. The second-order valence-electron chi connectivity index (χ2n) is 6.30. The van der Waals surface area contributed by atoms with Crippen LogP contribution in [0.2, 0.25) is 0 Å². The van der Waals surface area contributed by atoms with E-state index in [0.717, 1.165) is 22.2 Å². The molecule has 1 N–H and O–H groups in total. The van der Waals surface area contributed by atoms with Crippen LogP contribution in [0.25, 0.3) is 10.7 Å². The number of thiazole rings is 1. The summed E-state index contributed by atoms with van der Waals surface area (Å²) in [5.41, 5.74) is 1.71. The summed E-state index contributed by atoms with van der Waals surface area (Å²) in [5, 5.41) is 5.82. The van der Waals surface area contributed by atoms with Gasteiger partial charge in [-0.1, -0.05) is 13.8 Å². The summed E-state index contributed by atoms with van der Waals surface area (Å²) in [6, 6.07) is -0.291. The number of nitrogens with one attached hydrogen (secondary N) is 1. The Hall–Kier alpha value is -2.61. The Balaban J connectivity index is 1.54. The molecule has 0 spiro atoms. The van der Waals surface area contributed by atoms with Gasteiger partial charge in [0.1, 0.15) is 22.6 Å². The predicted octanol–water partition coefficient (Wildman–Crippen LogP) is 2.84. The van der Waals surface area contributed by atoms with Crippen molar-refractivity contribution in [3.63, 3.8) is 0 Å². The van der Waals surface area contributed by atoms with Crippen LogP contribution in [0, 0.1) is 0 Å². The summed E-state index contributed by atoms with van der Waals surface area (Å²) in [4.78, 5) is 29.6. The van der Waals surface area contributed by atoms with Gasteiger partial charge in [-0.15, -0.1) is 11.3 Å². The highest BCUT2D eigenvalue weighted by molar-refractivity contribution is 7.13. The molecule has 3 aromatic heterocycles. The second-order valence-corrected chi connectivity index (χ2v) is 7.16. The van der Waals surface area contributed by atoms with Crippen molar-refractivity contribution in [1.82, 2.24) is 29.8 Å². The van der Waals surface area contributed by atoms with Crippen molar-refractivity contribution in [2.75, 3.05) is 6.54 Å². The first-order chi connectivity index (χ1) is 12.6. The maximum atomic E-state index is 12.4. The van der Waals surface area contributed by atoms with E-state index in [1.54, 1.807) is 24.8 Å². The standard InChI is InChI=1S/C18H22N6OS/c1-12(2)16-21-8-9-24(16)13(3)17(25)22-5-4-14-11-26-18(23-14)15-10-19-6-7-20-15/h6-13H,4-5H2,1-3H3,(H,22,25). The van der Waals surface area contributed by atoms with E-state index in [1.807, 2.05) is 23.1 Å². The lowest BCUT2D eigenvalue weighted by atomic mass is 10.2. The van der Waals surface area contributed by atoms with Crippen LogP contribution in [0.3, 0.4) is 0 Å². The average Bonchev–Trinajstić information content (AvgIpc) is 3.31. The van der Waals surface area contributed by atoms with Crippen molar-refractivity contribution in [3.8, 4) is 10.7 Å². The third kappa shape index (κ3) is 4.13. The van der Waals surface area contributed by atoms with Crippen LogP contribution < -0.4 is 5.32 Å². The van der Waals surface area contributed by atoms with Crippen LogP contribution in [0.5, 0.6) is 0 Å². The average molecular weight is 370 g/mol. The lowest BCUT2D eigenvalue weighted by Gasteiger charge is -2.17. The molecule has 1 atom stereocenters. The van der Waals surface area contributed by atoms with Crippen LogP contribution in [0.15, 0.2) is 36.4 Å². The summed E-state index contributed by atoms with van der Waals surface area (Å²) in [7, 11) is 0. The minimum Gasteiger partial charge on any atom is -0.354 e. The zero-order valence-corrected chi connectivity index (χ0v) is 15.9. The molecular weight excluding hydrogens is 348 g/mol. The molecule has 26 heavy (non-hydrogen) atoms. The zero-order valence-electron chi connectivity index (χ0n) is 15.1. The number of aromatic nitrogens is 5. The van der Waals surface area contributed by atoms with Gasteiger partial charge in [-0.3, -0.25) is 14.8 Å². The van der Waals surface area contributed by atoms with Gasteiger partial charge in [-0.2, -0.15) is 0 Å². The minimum absolute atomic E-state index is 0.0192. The summed E-state index contributed by atoms with van der Waals surface area (Å²) in [5.74, 6) is 1.17. The Morgan fingerprint density at radius 3 is 2.81 bits per heavy atom. The quantitative estimate of drug-likeness (QED) is 0.691. The Bertz CT molecular complexity index is 857. The molecule has 3 aromatic rings. The zero-order chi connectivity index (χ0) is 18.5. The van der Waals surface area contributed by atoms with Gasteiger partial charge in [0.2, 0.25) is 5.91 Å². The highest BCUT2D eigenvalue weighted by Crippen LogP contribution is 2.21. The molecule has 0 radical (unpaired) electrons. The minimum atomic E-state index is -0.291. The van der Waals surface area contributed by atoms with E-state index in [-0.39, 0.29) is 17.9 Å². The molecule has 0 aliphatic carbocycles. The van der Waals surface area contributed by atoms with Crippen LogP contribution in [0.4, 0.5) is 0 Å². The number of rotatable bonds is 7. The molecule has 136 valence electrons. The summed E-state index contributed by atoms with van der Waals surface area (Å²) < 4.78 is 1.93. The molecule has 1 amide bonds. The third-order valence-electron chi connectivity index (χ3n) is 4.03. The third-order valence-corrected chi connectivity index (χ3v) is 4.94. The van der Waals surface area contributed by atoms with E-state index >= 15 is 0 Å². The lowest BCUT2D eigenvalue weighted by Crippen LogP contribution is -2.33. The van der Waals surface area contributed by atoms with Gasteiger partial charge in [0.05, 0.1) is 11.9 Å². The predicted molar refractivity (Wildman–Crippen MR) is 101 cm³/mol. The molecule has 0 aliphatic rings. The largest absolute Gasteiger partial charge is 0.354 e. The maximum absolute atomic E-state index is 12.4. The number of carbonyl (C=O) groups excluding carboxylic acids is 1. The number of hydrogen-bond donors (Lipinski definition) is 1. The molecule has 1 unspecified atom stereocenters. The fourth-order valence-electron chi connectivity index (χ4n) is 2.64.